The third-order valence-corrected chi connectivity index (χ3v) is 3.83. The molecule has 7 heteroatoms. The molecule has 2 aromatic rings. The van der Waals surface area contributed by atoms with Crippen LogP contribution >= 0.6 is 0 Å². The minimum Gasteiger partial charge on any atom is -0.480 e. The Bertz CT molecular complexity index is 737. The fraction of sp³-hybridized carbons (Fsp3) is 0.312. The summed E-state index contributed by atoms with van der Waals surface area (Å²) in [6.07, 6.45) is 3.27. The molecule has 23 heavy (non-hydrogen) atoms. The summed E-state index contributed by atoms with van der Waals surface area (Å²) in [5.74, 6) is 0.856. The average Bonchev–Trinajstić information content (AvgIpc) is 2.62. The van der Waals surface area contributed by atoms with Gasteiger partial charge in [-0.15, -0.1) is 0 Å². The fourth-order valence-electron chi connectivity index (χ4n) is 2.64. The highest BCUT2D eigenvalue weighted by Crippen LogP contribution is 2.24. The quantitative estimate of drug-likeness (QED) is 0.861. The molecule has 0 unspecified atom stereocenters. The fourth-order valence-corrected chi connectivity index (χ4v) is 2.64. The van der Waals surface area contributed by atoms with Gasteiger partial charge in [0.25, 0.3) is 0 Å². The Morgan fingerprint density at radius 1 is 1.17 bits per heavy atom. The van der Waals surface area contributed by atoms with Crippen LogP contribution in [0.4, 0.5) is 15.9 Å². The van der Waals surface area contributed by atoms with Crippen LogP contribution in [0.3, 0.4) is 0 Å². The average molecular weight is 313 g/mol. The molecule has 1 aromatic heterocycles. The van der Waals surface area contributed by atoms with Gasteiger partial charge in [-0.2, -0.15) is 10.2 Å². The van der Waals surface area contributed by atoms with Gasteiger partial charge in [0, 0.05) is 26.2 Å². The zero-order chi connectivity index (χ0) is 16.2. The molecular formula is C16H16FN5O. The molecule has 118 valence electrons. The number of aromatic nitrogens is 2. The highest BCUT2D eigenvalue weighted by atomic mass is 19.1. The molecule has 3 rings (SSSR count). The molecule has 2 heterocycles. The Kier molecular flexibility index (Phi) is 4.24. The zero-order valence-electron chi connectivity index (χ0n) is 12.7. The summed E-state index contributed by atoms with van der Waals surface area (Å²) in [5, 5.41) is 9.18. The molecule has 0 radical (unpaired) electrons. The highest BCUT2D eigenvalue weighted by molar-refractivity contribution is 5.60. The molecule has 1 aliphatic rings. The van der Waals surface area contributed by atoms with E-state index in [4.69, 9.17) is 4.74 Å². The summed E-state index contributed by atoms with van der Waals surface area (Å²) in [4.78, 5) is 12.7. The number of benzene rings is 1. The van der Waals surface area contributed by atoms with Crippen LogP contribution in [0.15, 0.2) is 30.6 Å². The van der Waals surface area contributed by atoms with Crippen LogP contribution in [-0.2, 0) is 0 Å². The first-order valence-corrected chi connectivity index (χ1v) is 7.27. The molecule has 0 bridgehead atoms. The minimum absolute atomic E-state index is 0.361. The Balaban J connectivity index is 1.72. The normalized spacial score (nSPS) is 14.5. The molecule has 1 saturated heterocycles. The Morgan fingerprint density at radius 3 is 2.61 bits per heavy atom. The van der Waals surface area contributed by atoms with Crippen molar-refractivity contribution in [3.05, 3.63) is 42.0 Å². The molecule has 0 atom stereocenters. The van der Waals surface area contributed by atoms with E-state index in [2.05, 4.69) is 25.8 Å². The van der Waals surface area contributed by atoms with Gasteiger partial charge in [-0.1, -0.05) is 0 Å². The number of rotatable bonds is 3. The van der Waals surface area contributed by atoms with E-state index in [1.54, 1.807) is 25.6 Å². The van der Waals surface area contributed by atoms with Crippen LogP contribution in [0.1, 0.15) is 5.56 Å². The topological polar surface area (TPSA) is 65.3 Å². The molecule has 1 aromatic carbocycles. The van der Waals surface area contributed by atoms with Crippen molar-refractivity contribution in [3.63, 3.8) is 0 Å². The standard InChI is InChI=1S/C16H16FN5O/c1-23-16-11-19-10-15(20-16)22-6-4-21(5-7-22)14-3-2-13(17)8-12(14)9-18/h2-3,8,10-11H,4-7H2,1H3. The van der Waals surface area contributed by atoms with Gasteiger partial charge in [-0.25, -0.2) is 4.39 Å². The number of nitriles is 1. The van der Waals surface area contributed by atoms with E-state index in [9.17, 15) is 9.65 Å². The molecule has 0 aliphatic carbocycles. The van der Waals surface area contributed by atoms with Crippen LogP contribution < -0.4 is 14.5 Å². The smallest absolute Gasteiger partial charge is 0.233 e. The number of ether oxygens (including phenoxy) is 1. The van der Waals surface area contributed by atoms with Crippen LogP contribution in [0.5, 0.6) is 5.88 Å². The lowest BCUT2D eigenvalue weighted by Gasteiger charge is -2.36. The van der Waals surface area contributed by atoms with Crippen molar-refractivity contribution in [3.8, 4) is 11.9 Å². The van der Waals surface area contributed by atoms with Crippen molar-refractivity contribution in [2.45, 2.75) is 0 Å². The van der Waals surface area contributed by atoms with Gasteiger partial charge in [-0.05, 0) is 18.2 Å². The van der Waals surface area contributed by atoms with Gasteiger partial charge < -0.3 is 14.5 Å². The first-order chi connectivity index (χ1) is 11.2. The minimum atomic E-state index is -0.393. The van der Waals surface area contributed by atoms with Gasteiger partial charge in [0.05, 0.1) is 30.8 Å². The second-order valence-electron chi connectivity index (χ2n) is 5.17. The van der Waals surface area contributed by atoms with E-state index in [0.29, 0.717) is 11.4 Å². The number of piperazine rings is 1. The summed E-state index contributed by atoms with van der Waals surface area (Å²) in [6.45, 7) is 2.92. The second-order valence-corrected chi connectivity index (χ2v) is 5.17. The number of hydrogen-bond acceptors (Lipinski definition) is 6. The number of anilines is 2. The Labute approximate surface area is 133 Å². The summed E-state index contributed by atoms with van der Waals surface area (Å²) in [6, 6.07) is 6.38. The molecule has 6 nitrogen and oxygen atoms in total. The van der Waals surface area contributed by atoms with Gasteiger partial charge in [-0.3, -0.25) is 4.98 Å². The number of hydrogen-bond donors (Lipinski definition) is 0. The van der Waals surface area contributed by atoms with Crippen LogP contribution in [-0.4, -0.2) is 43.3 Å². The summed E-state index contributed by atoms with van der Waals surface area (Å²) < 4.78 is 18.3. The van der Waals surface area contributed by atoms with E-state index in [0.717, 1.165) is 37.7 Å². The zero-order valence-corrected chi connectivity index (χ0v) is 12.7. The number of halogens is 1. The van der Waals surface area contributed by atoms with Crippen LogP contribution in [0.25, 0.3) is 0 Å². The lowest BCUT2D eigenvalue weighted by atomic mass is 10.1. The van der Waals surface area contributed by atoms with E-state index >= 15 is 0 Å². The number of nitrogens with zero attached hydrogens (tertiary/aromatic N) is 5. The molecule has 1 fully saturated rings. The maximum atomic E-state index is 13.3. The van der Waals surface area contributed by atoms with E-state index < -0.39 is 5.82 Å². The number of methoxy groups -OCH3 is 1. The Hall–Kier alpha value is -2.88. The highest BCUT2D eigenvalue weighted by Gasteiger charge is 2.21. The molecule has 1 aliphatic heterocycles. The first kappa shape index (κ1) is 15.0. The van der Waals surface area contributed by atoms with Gasteiger partial charge in [0.1, 0.15) is 11.9 Å². The summed E-state index contributed by atoms with van der Waals surface area (Å²) in [7, 11) is 1.56. The first-order valence-electron chi connectivity index (χ1n) is 7.27. The largest absolute Gasteiger partial charge is 0.480 e. The third-order valence-electron chi connectivity index (χ3n) is 3.83. The van der Waals surface area contributed by atoms with Crippen molar-refractivity contribution in [1.82, 2.24) is 9.97 Å². The predicted molar refractivity (Wildman–Crippen MR) is 84.1 cm³/mol. The Morgan fingerprint density at radius 2 is 1.91 bits per heavy atom. The van der Waals surface area contributed by atoms with Crippen molar-refractivity contribution in [1.29, 1.82) is 5.26 Å². The lowest BCUT2D eigenvalue weighted by molar-refractivity contribution is 0.395. The van der Waals surface area contributed by atoms with E-state index in [1.807, 2.05) is 0 Å². The summed E-state index contributed by atoms with van der Waals surface area (Å²) in [5.41, 5.74) is 1.13. The van der Waals surface area contributed by atoms with Gasteiger partial charge in [0.15, 0.2) is 5.82 Å². The molecular weight excluding hydrogens is 297 g/mol. The van der Waals surface area contributed by atoms with E-state index in [-0.39, 0.29) is 0 Å². The monoisotopic (exact) mass is 313 g/mol. The maximum absolute atomic E-state index is 13.3. The van der Waals surface area contributed by atoms with Crippen molar-refractivity contribution < 1.29 is 9.13 Å². The van der Waals surface area contributed by atoms with Gasteiger partial charge in [0.2, 0.25) is 5.88 Å². The lowest BCUT2D eigenvalue weighted by Crippen LogP contribution is -2.47. The molecule has 0 saturated carbocycles. The molecule has 0 N–H and O–H groups in total. The SMILES string of the molecule is COc1cncc(N2CCN(c3ccc(F)cc3C#N)CC2)n1. The maximum Gasteiger partial charge on any atom is 0.233 e. The van der Waals surface area contributed by atoms with Crippen molar-refractivity contribution in [2.24, 2.45) is 0 Å². The molecule has 0 amide bonds. The summed E-state index contributed by atoms with van der Waals surface area (Å²) >= 11 is 0. The van der Waals surface area contributed by atoms with E-state index in [1.165, 1.54) is 12.1 Å². The second kappa shape index (κ2) is 6.48. The van der Waals surface area contributed by atoms with Crippen molar-refractivity contribution >= 4 is 11.5 Å². The predicted octanol–water partition coefficient (Wildman–Crippen LogP) is 1.82. The molecule has 0 spiro atoms. The van der Waals surface area contributed by atoms with Gasteiger partial charge >= 0.3 is 0 Å². The van der Waals surface area contributed by atoms with Crippen LogP contribution in [0.2, 0.25) is 0 Å². The third kappa shape index (κ3) is 3.16. The van der Waals surface area contributed by atoms with Crippen LogP contribution in [0, 0.1) is 17.1 Å². The van der Waals surface area contributed by atoms with Crippen molar-refractivity contribution in [2.75, 3.05) is 43.1 Å².